The second-order valence-corrected chi connectivity index (χ2v) is 6.19. The summed E-state index contributed by atoms with van der Waals surface area (Å²) in [6.45, 7) is 3.90. The van der Waals surface area contributed by atoms with E-state index >= 15 is 0 Å². The fourth-order valence-electron chi connectivity index (χ4n) is 2.76. The standard InChI is InChI=1S/C20H22N4O/c1-15(11-12-17-8-4-3-5-9-17)14-19(25)21-16(2)20-23-22-18-10-6-7-13-24(18)20/h3-10,13-14,16H,11-12H2,1-2H3,(H,21,25)/b15-14+. The van der Waals surface area contributed by atoms with Gasteiger partial charge in [-0.3, -0.25) is 9.20 Å². The summed E-state index contributed by atoms with van der Waals surface area (Å²) in [6.07, 6.45) is 5.36. The van der Waals surface area contributed by atoms with Gasteiger partial charge >= 0.3 is 0 Å². The predicted octanol–water partition coefficient (Wildman–Crippen LogP) is 3.49. The summed E-state index contributed by atoms with van der Waals surface area (Å²) in [5, 5.41) is 11.3. The number of hydrogen-bond donors (Lipinski definition) is 1. The molecule has 0 saturated carbocycles. The molecule has 128 valence electrons. The molecule has 1 aromatic carbocycles. The summed E-state index contributed by atoms with van der Waals surface area (Å²) in [4.78, 5) is 12.3. The monoisotopic (exact) mass is 334 g/mol. The van der Waals surface area contributed by atoms with E-state index < -0.39 is 0 Å². The van der Waals surface area contributed by atoms with Crippen LogP contribution in [0.1, 0.15) is 37.7 Å². The fraction of sp³-hybridized carbons (Fsp3) is 0.250. The van der Waals surface area contributed by atoms with E-state index in [1.807, 2.05) is 60.8 Å². The lowest BCUT2D eigenvalue weighted by Gasteiger charge is -2.11. The van der Waals surface area contributed by atoms with Crippen molar-refractivity contribution in [3.05, 3.63) is 77.8 Å². The summed E-state index contributed by atoms with van der Waals surface area (Å²) in [5.41, 5.74) is 3.10. The first-order valence-corrected chi connectivity index (χ1v) is 8.45. The molecule has 3 aromatic rings. The summed E-state index contributed by atoms with van der Waals surface area (Å²) < 4.78 is 1.89. The van der Waals surface area contributed by atoms with Gasteiger partial charge in [-0.2, -0.15) is 0 Å². The zero-order chi connectivity index (χ0) is 17.6. The van der Waals surface area contributed by atoms with Crippen LogP contribution in [0.3, 0.4) is 0 Å². The number of rotatable bonds is 6. The van der Waals surface area contributed by atoms with E-state index in [2.05, 4.69) is 27.6 Å². The number of nitrogens with one attached hydrogen (secondary N) is 1. The van der Waals surface area contributed by atoms with Crippen molar-refractivity contribution in [2.24, 2.45) is 0 Å². The molecule has 3 rings (SSSR count). The molecule has 0 fully saturated rings. The number of pyridine rings is 1. The molecule has 5 heteroatoms. The van der Waals surface area contributed by atoms with Crippen LogP contribution >= 0.6 is 0 Å². The highest BCUT2D eigenvalue weighted by Gasteiger charge is 2.14. The second-order valence-electron chi connectivity index (χ2n) is 6.19. The van der Waals surface area contributed by atoms with Gasteiger partial charge in [0.15, 0.2) is 11.5 Å². The van der Waals surface area contributed by atoms with E-state index in [0.29, 0.717) is 0 Å². The number of aromatic nitrogens is 3. The van der Waals surface area contributed by atoms with Gasteiger partial charge in [0.05, 0.1) is 6.04 Å². The topological polar surface area (TPSA) is 59.3 Å². The lowest BCUT2D eigenvalue weighted by Crippen LogP contribution is -2.26. The quantitative estimate of drug-likeness (QED) is 0.702. The summed E-state index contributed by atoms with van der Waals surface area (Å²) >= 11 is 0. The van der Waals surface area contributed by atoms with Crippen LogP contribution in [0.25, 0.3) is 5.65 Å². The summed E-state index contributed by atoms with van der Waals surface area (Å²) in [5.74, 6) is 0.616. The number of carbonyl (C=O) groups is 1. The van der Waals surface area contributed by atoms with Crippen LogP contribution in [0.4, 0.5) is 0 Å². The molecule has 1 atom stereocenters. The fourth-order valence-corrected chi connectivity index (χ4v) is 2.76. The Morgan fingerprint density at radius 3 is 2.72 bits per heavy atom. The van der Waals surface area contributed by atoms with Gasteiger partial charge in [-0.1, -0.05) is 42.0 Å². The number of hydrogen-bond acceptors (Lipinski definition) is 3. The Balaban J connectivity index is 1.59. The van der Waals surface area contributed by atoms with Gasteiger partial charge in [-0.05, 0) is 44.4 Å². The number of amides is 1. The third-order valence-corrected chi connectivity index (χ3v) is 4.11. The maximum atomic E-state index is 12.3. The van der Waals surface area contributed by atoms with Gasteiger partial charge in [0.1, 0.15) is 0 Å². The number of allylic oxidation sites excluding steroid dienone is 1. The molecule has 0 saturated heterocycles. The molecule has 25 heavy (non-hydrogen) atoms. The highest BCUT2D eigenvalue weighted by atomic mass is 16.1. The Hall–Kier alpha value is -2.95. The lowest BCUT2D eigenvalue weighted by atomic mass is 10.1. The largest absolute Gasteiger partial charge is 0.343 e. The number of benzene rings is 1. The van der Waals surface area contributed by atoms with E-state index in [-0.39, 0.29) is 11.9 Å². The van der Waals surface area contributed by atoms with E-state index in [4.69, 9.17) is 0 Å². The van der Waals surface area contributed by atoms with Crippen molar-refractivity contribution < 1.29 is 4.79 Å². The van der Waals surface area contributed by atoms with Crippen LogP contribution in [-0.2, 0) is 11.2 Å². The van der Waals surface area contributed by atoms with Gasteiger partial charge in [-0.25, -0.2) is 0 Å². The Bertz CT molecular complexity index is 883. The average Bonchev–Trinajstić information content (AvgIpc) is 3.05. The minimum atomic E-state index is -0.219. The highest BCUT2D eigenvalue weighted by Crippen LogP contribution is 2.12. The Morgan fingerprint density at radius 1 is 1.16 bits per heavy atom. The van der Waals surface area contributed by atoms with Crippen molar-refractivity contribution in [3.63, 3.8) is 0 Å². The van der Waals surface area contributed by atoms with Gasteiger partial charge in [0.2, 0.25) is 5.91 Å². The molecule has 0 aliphatic carbocycles. The normalized spacial score (nSPS) is 13.0. The number of aryl methyl sites for hydroxylation is 1. The third kappa shape index (κ3) is 4.32. The molecule has 5 nitrogen and oxygen atoms in total. The Morgan fingerprint density at radius 2 is 1.92 bits per heavy atom. The van der Waals surface area contributed by atoms with Crippen molar-refractivity contribution in [3.8, 4) is 0 Å². The molecule has 1 N–H and O–H groups in total. The minimum absolute atomic E-state index is 0.106. The van der Waals surface area contributed by atoms with E-state index in [1.165, 1.54) is 5.56 Å². The van der Waals surface area contributed by atoms with Gasteiger partial charge in [0.25, 0.3) is 0 Å². The smallest absolute Gasteiger partial charge is 0.244 e. The van der Waals surface area contributed by atoms with Crippen LogP contribution < -0.4 is 5.32 Å². The van der Waals surface area contributed by atoms with Crippen LogP contribution in [0.15, 0.2) is 66.4 Å². The first-order valence-electron chi connectivity index (χ1n) is 8.45. The van der Waals surface area contributed by atoms with Crippen LogP contribution in [-0.4, -0.2) is 20.5 Å². The Kier molecular flexibility index (Phi) is 5.23. The van der Waals surface area contributed by atoms with Crippen LogP contribution in [0.5, 0.6) is 0 Å². The SMILES string of the molecule is C/C(=C\C(=O)NC(C)c1nnc2ccccn12)CCc1ccccc1. The third-order valence-electron chi connectivity index (χ3n) is 4.11. The summed E-state index contributed by atoms with van der Waals surface area (Å²) in [6, 6.07) is 15.8. The van der Waals surface area contributed by atoms with E-state index in [1.54, 1.807) is 6.08 Å². The first kappa shape index (κ1) is 16.9. The molecule has 2 aromatic heterocycles. The number of fused-ring (bicyclic) bond motifs is 1. The minimum Gasteiger partial charge on any atom is -0.343 e. The van der Waals surface area contributed by atoms with Gasteiger partial charge in [0, 0.05) is 12.3 Å². The molecule has 0 aliphatic heterocycles. The lowest BCUT2D eigenvalue weighted by molar-refractivity contribution is -0.117. The molecule has 2 heterocycles. The predicted molar refractivity (Wildman–Crippen MR) is 98.1 cm³/mol. The van der Waals surface area contributed by atoms with Crippen molar-refractivity contribution in [2.45, 2.75) is 32.7 Å². The molecule has 0 radical (unpaired) electrons. The van der Waals surface area contributed by atoms with Crippen LogP contribution in [0.2, 0.25) is 0 Å². The highest BCUT2D eigenvalue weighted by molar-refractivity contribution is 5.88. The van der Waals surface area contributed by atoms with E-state index in [9.17, 15) is 4.79 Å². The maximum Gasteiger partial charge on any atom is 0.244 e. The first-order chi connectivity index (χ1) is 12.1. The number of nitrogens with zero attached hydrogens (tertiary/aromatic N) is 3. The summed E-state index contributed by atoms with van der Waals surface area (Å²) in [7, 11) is 0. The van der Waals surface area contributed by atoms with Crippen molar-refractivity contribution in [1.29, 1.82) is 0 Å². The van der Waals surface area contributed by atoms with E-state index in [0.717, 1.165) is 29.9 Å². The van der Waals surface area contributed by atoms with Crippen molar-refractivity contribution in [2.75, 3.05) is 0 Å². The Labute approximate surface area is 147 Å². The molecular weight excluding hydrogens is 312 g/mol. The van der Waals surface area contributed by atoms with Crippen molar-refractivity contribution in [1.82, 2.24) is 19.9 Å². The molecule has 0 aliphatic rings. The molecule has 1 unspecified atom stereocenters. The van der Waals surface area contributed by atoms with Crippen molar-refractivity contribution >= 4 is 11.6 Å². The molecule has 0 bridgehead atoms. The zero-order valence-electron chi connectivity index (χ0n) is 14.5. The van der Waals surface area contributed by atoms with Gasteiger partial charge < -0.3 is 5.32 Å². The molecule has 1 amide bonds. The average molecular weight is 334 g/mol. The number of carbonyl (C=O) groups excluding carboxylic acids is 1. The van der Waals surface area contributed by atoms with Gasteiger partial charge in [-0.15, -0.1) is 10.2 Å². The molecular formula is C20H22N4O. The second kappa shape index (κ2) is 7.75. The van der Waals surface area contributed by atoms with Crippen LogP contribution in [0, 0.1) is 0 Å². The zero-order valence-corrected chi connectivity index (χ0v) is 14.5. The molecule has 0 spiro atoms. The maximum absolute atomic E-state index is 12.3.